The second-order valence-electron chi connectivity index (χ2n) is 6.07. The Morgan fingerprint density at radius 3 is 2.72 bits per heavy atom. The van der Waals surface area contributed by atoms with Gasteiger partial charge in [0.2, 0.25) is 0 Å². The van der Waals surface area contributed by atoms with Crippen molar-refractivity contribution >= 4 is 0 Å². The maximum atomic E-state index is 5.90. The summed E-state index contributed by atoms with van der Waals surface area (Å²) in [5.74, 6) is 0. The molecule has 0 aromatic heterocycles. The Hall–Kier alpha value is -0.160. The lowest BCUT2D eigenvalue weighted by Gasteiger charge is -2.34. The summed E-state index contributed by atoms with van der Waals surface area (Å²) in [6.45, 7) is 10.1. The Balaban J connectivity index is 1.39. The van der Waals surface area contributed by atoms with Gasteiger partial charge in [-0.1, -0.05) is 6.92 Å². The average molecular weight is 253 g/mol. The molecule has 1 N–H and O–H groups in total. The highest BCUT2D eigenvalue weighted by Gasteiger charge is 2.30. The Morgan fingerprint density at radius 2 is 1.94 bits per heavy atom. The first-order valence-corrected chi connectivity index (χ1v) is 7.66. The monoisotopic (exact) mass is 253 g/mol. The van der Waals surface area contributed by atoms with Crippen LogP contribution in [0.1, 0.15) is 26.2 Å². The molecule has 104 valence electrons. The quantitative estimate of drug-likeness (QED) is 0.774. The molecule has 0 bridgehead atoms. The number of nitrogens with one attached hydrogen (secondary N) is 1. The van der Waals surface area contributed by atoms with Gasteiger partial charge in [-0.05, 0) is 32.4 Å². The van der Waals surface area contributed by atoms with E-state index in [1.165, 1.54) is 32.4 Å². The van der Waals surface area contributed by atoms with Crippen molar-refractivity contribution in [2.45, 2.75) is 44.4 Å². The highest BCUT2D eigenvalue weighted by atomic mass is 16.5. The molecule has 2 unspecified atom stereocenters. The van der Waals surface area contributed by atoms with Crippen molar-refractivity contribution in [3.63, 3.8) is 0 Å². The minimum Gasteiger partial charge on any atom is -0.374 e. The minimum absolute atomic E-state index is 0.429. The highest BCUT2D eigenvalue weighted by Crippen LogP contribution is 2.22. The molecule has 2 heterocycles. The molecule has 0 radical (unpaired) electrons. The molecule has 18 heavy (non-hydrogen) atoms. The van der Waals surface area contributed by atoms with Gasteiger partial charge in [-0.3, -0.25) is 9.80 Å². The van der Waals surface area contributed by atoms with Gasteiger partial charge in [0.15, 0.2) is 0 Å². The van der Waals surface area contributed by atoms with Gasteiger partial charge in [0.25, 0.3) is 0 Å². The van der Waals surface area contributed by atoms with Crippen LogP contribution in [0.25, 0.3) is 0 Å². The normalized spacial score (nSPS) is 35.2. The van der Waals surface area contributed by atoms with E-state index in [9.17, 15) is 0 Å². The lowest BCUT2D eigenvalue weighted by molar-refractivity contribution is -0.0393. The van der Waals surface area contributed by atoms with E-state index in [1.54, 1.807) is 0 Å². The fourth-order valence-electron chi connectivity index (χ4n) is 3.18. The third-order valence-corrected chi connectivity index (χ3v) is 4.45. The minimum atomic E-state index is 0.429. The molecule has 3 rings (SSSR count). The van der Waals surface area contributed by atoms with Crippen LogP contribution in [-0.4, -0.2) is 73.9 Å². The van der Waals surface area contributed by atoms with E-state index < -0.39 is 0 Å². The van der Waals surface area contributed by atoms with E-state index in [4.69, 9.17) is 4.74 Å². The summed E-state index contributed by atoms with van der Waals surface area (Å²) in [5, 5.41) is 3.75. The molecular formula is C14H27N3O. The lowest BCUT2D eigenvalue weighted by atomic mass is 10.2. The van der Waals surface area contributed by atoms with Gasteiger partial charge in [0.1, 0.15) is 0 Å². The number of rotatable bonds is 5. The predicted molar refractivity (Wildman–Crippen MR) is 72.9 cm³/mol. The molecule has 0 amide bonds. The first kappa shape index (κ1) is 12.9. The molecule has 4 heteroatoms. The largest absolute Gasteiger partial charge is 0.374 e. The van der Waals surface area contributed by atoms with Crippen molar-refractivity contribution in [1.29, 1.82) is 0 Å². The number of ether oxygens (including phenoxy) is 1. The van der Waals surface area contributed by atoms with Crippen LogP contribution < -0.4 is 5.32 Å². The Morgan fingerprint density at radius 1 is 1.06 bits per heavy atom. The van der Waals surface area contributed by atoms with E-state index in [2.05, 4.69) is 22.0 Å². The number of nitrogens with zero attached hydrogens (tertiary/aromatic N) is 2. The number of hydrogen-bond acceptors (Lipinski definition) is 4. The van der Waals surface area contributed by atoms with E-state index in [-0.39, 0.29) is 0 Å². The Bertz CT molecular complexity index is 270. The fraction of sp³-hybridized carbons (Fsp3) is 1.00. The van der Waals surface area contributed by atoms with Crippen LogP contribution in [0.15, 0.2) is 0 Å². The standard InChI is InChI=1S/C14H27N3O/c1-2-16-7-8-18-14(10-16)11-17-6-5-13(9-17)15-12-3-4-12/h12-15H,2-11H2,1H3. The number of likely N-dealkylation sites (tertiary alicyclic amines) is 1. The molecule has 1 aliphatic carbocycles. The summed E-state index contributed by atoms with van der Waals surface area (Å²) in [6, 6.07) is 1.58. The zero-order valence-corrected chi connectivity index (χ0v) is 11.6. The van der Waals surface area contributed by atoms with Gasteiger partial charge < -0.3 is 10.1 Å². The van der Waals surface area contributed by atoms with Crippen molar-refractivity contribution in [3.05, 3.63) is 0 Å². The smallest absolute Gasteiger partial charge is 0.0829 e. The lowest BCUT2D eigenvalue weighted by Crippen LogP contribution is -2.47. The van der Waals surface area contributed by atoms with Gasteiger partial charge in [-0.15, -0.1) is 0 Å². The van der Waals surface area contributed by atoms with Crippen LogP contribution in [0.5, 0.6) is 0 Å². The summed E-state index contributed by atoms with van der Waals surface area (Å²) < 4.78 is 5.90. The molecule has 1 saturated carbocycles. The number of hydrogen-bond donors (Lipinski definition) is 1. The number of likely N-dealkylation sites (N-methyl/N-ethyl adjacent to an activating group) is 1. The highest BCUT2D eigenvalue weighted by molar-refractivity contribution is 4.90. The van der Waals surface area contributed by atoms with Gasteiger partial charge >= 0.3 is 0 Å². The van der Waals surface area contributed by atoms with Crippen molar-refractivity contribution in [1.82, 2.24) is 15.1 Å². The molecule has 4 nitrogen and oxygen atoms in total. The summed E-state index contributed by atoms with van der Waals surface area (Å²) in [5.41, 5.74) is 0. The maximum Gasteiger partial charge on any atom is 0.0829 e. The van der Waals surface area contributed by atoms with Gasteiger partial charge in [-0.2, -0.15) is 0 Å². The van der Waals surface area contributed by atoms with E-state index in [0.717, 1.165) is 44.9 Å². The zero-order chi connectivity index (χ0) is 12.4. The van der Waals surface area contributed by atoms with Crippen LogP contribution in [0.3, 0.4) is 0 Å². The van der Waals surface area contributed by atoms with Crippen molar-refractivity contribution in [2.75, 3.05) is 45.9 Å². The molecule has 3 aliphatic rings. The van der Waals surface area contributed by atoms with Gasteiger partial charge in [0, 0.05) is 38.3 Å². The molecule has 2 atom stereocenters. The maximum absolute atomic E-state index is 5.90. The van der Waals surface area contributed by atoms with E-state index >= 15 is 0 Å². The second kappa shape index (κ2) is 5.87. The Labute approximate surface area is 111 Å². The molecule has 2 aliphatic heterocycles. The third kappa shape index (κ3) is 3.44. The summed E-state index contributed by atoms with van der Waals surface area (Å²) in [6.07, 6.45) is 4.54. The first-order valence-electron chi connectivity index (χ1n) is 7.66. The predicted octanol–water partition coefficient (Wildman–Crippen LogP) is 0.533. The third-order valence-electron chi connectivity index (χ3n) is 4.45. The van der Waals surface area contributed by atoms with Crippen molar-refractivity contribution in [3.8, 4) is 0 Å². The SMILES string of the molecule is CCN1CCOC(CN2CCC(NC3CC3)C2)C1. The van der Waals surface area contributed by atoms with Crippen LogP contribution in [0, 0.1) is 0 Å². The summed E-state index contributed by atoms with van der Waals surface area (Å²) in [4.78, 5) is 5.09. The molecule has 2 saturated heterocycles. The average Bonchev–Trinajstić information content (AvgIpc) is 3.09. The fourth-order valence-corrected chi connectivity index (χ4v) is 3.18. The molecule has 3 fully saturated rings. The summed E-state index contributed by atoms with van der Waals surface area (Å²) >= 11 is 0. The second-order valence-corrected chi connectivity index (χ2v) is 6.07. The van der Waals surface area contributed by atoms with Gasteiger partial charge in [-0.25, -0.2) is 0 Å². The van der Waals surface area contributed by atoms with E-state index in [1.807, 2.05) is 0 Å². The van der Waals surface area contributed by atoms with Crippen molar-refractivity contribution in [2.24, 2.45) is 0 Å². The molecule has 0 spiro atoms. The van der Waals surface area contributed by atoms with Gasteiger partial charge in [0.05, 0.1) is 12.7 Å². The summed E-state index contributed by atoms with van der Waals surface area (Å²) in [7, 11) is 0. The van der Waals surface area contributed by atoms with Crippen LogP contribution in [-0.2, 0) is 4.74 Å². The molecule has 0 aromatic rings. The van der Waals surface area contributed by atoms with Crippen molar-refractivity contribution < 1.29 is 4.74 Å². The van der Waals surface area contributed by atoms with E-state index in [0.29, 0.717) is 6.10 Å². The molecular weight excluding hydrogens is 226 g/mol. The van der Waals surface area contributed by atoms with Crippen LogP contribution >= 0.6 is 0 Å². The topological polar surface area (TPSA) is 27.7 Å². The molecule has 0 aromatic carbocycles. The zero-order valence-electron chi connectivity index (χ0n) is 11.6. The Kier molecular flexibility index (Phi) is 4.19. The number of morpholine rings is 1. The van der Waals surface area contributed by atoms with Crippen LogP contribution in [0.2, 0.25) is 0 Å². The first-order chi connectivity index (χ1) is 8.83. The van der Waals surface area contributed by atoms with Crippen LogP contribution in [0.4, 0.5) is 0 Å².